The maximum Gasteiger partial charge on any atom is 0.312 e. The van der Waals surface area contributed by atoms with E-state index < -0.39 is 4.92 Å². The van der Waals surface area contributed by atoms with E-state index in [-0.39, 0.29) is 28.3 Å². The van der Waals surface area contributed by atoms with Gasteiger partial charge < -0.3 is 14.8 Å². The Morgan fingerprint density at radius 3 is 2.54 bits per heavy atom. The maximum absolute atomic E-state index is 12.7. The molecule has 0 spiro atoms. The molecule has 0 aromatic heterocycles. The lowest BCUT2D eigenvalue weighted by Crippen LogP contribution is -2.41. The van der Waals surface area contributed by atoms with Crippen LogP contribution in [0.5, 0.6) is 5.75 Å². The first-order valence-corrected chi connectivity index (χ1v) is 8.69. The molecule has 0 bridgehead atoms. The minimum Gasteiger partial charge on any atom is -0.490 e. The van der Waals surface area contributed by atoms with Crippen molar-refractivity contribution in [1.29, 1.82) is 0 Å². The van der Waals surface area contributed by atoms with Gasteiger partial charge in [0.1, 0.15) is 0 Å². The summed E-state index contributed by atoms with van der Waals surface area (Å²) in [6.07, 6.45) is 0. The lowest BCUT2D eigenvalue weighted by Gasteiger charge is -2.26. The zero-order valence-electron chi connectivity index (χ0n) is 15.8. The van der Waals surface area contributed by atoms with E-state index in [4.69, 9.17) is 9.47 Å². The van der Waals surface area contributed by atoms with Crippen LogP contribution in [-0.4, -0.2) is 62.2 Å². The summed E-state index contributed by atoms with van der Waals surface area (Å²) in [4.78, 5) is 25.8. The van der Waals surface area contributed by atoms with Gasteiger partial charge in [0.15, 0.2) is 0 Å². The van der Waals surface area contributed by atoms with Gasteiger partial charge in [-0.05, 0) is 17.0 Å². The Kier molecular flexibility index (Phi) is 6.55. The third kappa shape index (κ3) is 4.92. The van der Waals surface area contributed by atoms with Gasteiger partial charge in [0.05, 0.1) is 30.8 Å². The zero-order chi connectivity index (χ0) is 19.3. The van der Waals surface area contributed by atoms with E-state index in [2.05, 4.69) is 10.2 Å². The van der Waals surface area contributed by atoms with Crippen molar-refractivity contribution in [3.63, 3.8) is 0 Å². The Balaban J connectivity index is 2.20. The van der Waals surface area contributed by atoms with E-state index in [0.29, 0.717) is 31.9 Å². The fourth-order valence-electron chi connectivity index (χ4n) is 2.81. The lowest BCUT2D eigenvalue weighted by molar-refractivity contribution is -0.385. The number of carbonyl (C=O) groups is 1. The van der Waals surface area contributed by atoms with Crippen LogP contribution in [0.15, 0.2) is 12.1 Å². The van der Waals surface area contributed by atoms with Crippen molar-refractivity contribution in [1.82, 2.24) is 10.2 Å². The highest BCUT2D eigenvalue weighted by molar-refractivity contribution is 5.98. The third-order valence-corrected chi connectivity index (χ3v) is 4.40. The number of rotatable bonds is 6. The molecule has 0 atom stereocenters. The molecule has 1 N–H and O–H groups in total. The van der Waals surface area contributed by atoms with Crippen LogP contribution in [-0.2, 0) is 10.2 Å². The first kappa shape index (κ1) is 20.1. The van der Waals surface area contributed by atoms with Crippen LogP contribution in [0.25, 0.3) is 0 Å². The van der Waals surface area contributed by atoms with Gasteiger partial charge in [-0.2, -0.15) is 0 Å². The molecule has 1 amide bonds. The first-order valence-electron chi connectivity index (χ1n) is 8.69. The Morgan fingerprint density at radius 1 is 1.35 bits per heavy atom. The molecule has 0 radical (unpaired) electrons. The smallest absolute Gasteiger partial charge is 0.312 e. The van der Waals surface area contributed by atoms with E-state index in [1.54, 1.807) is 6.07 Å². The summed E-state index contributed by atoms with van der Waals surface area (Å²) in [5.41, 5.74) is 0.370. The number of carbonyl (C=O) groups excluding carboxylic acids is 1. The van der Waals surface area contributed by atoms with Crippen LogP contribution in [0.3, 0.4) is 0 Å². The van der Waals surface area contributed by atoms with Crippen LogP contribution in [0.1, 0.15) is 36.7 Å². The molecule has 1 saturated heterocycles. The average Bonchev–Trinajstić information content (AvgIpc) is 2.60. The standard InChI is InChI=1S/C18H27N3O5/c1-18(2,3)13-11-14(16(25-4)15(12-13)21(23)24)17(22)19-5-6-20-7-9-26-10-8-20/h11-12H,5-10H2,1-4H3,(H,19,22). The normalized spacial score (nSPS) is 15.5. The molecular formula is C18H27N3O5. The molecule has 144 valence electrons. The number of methoxy groups -OCH3 is 1. The minimum atomic E-state index is -0.515. The van der Waals surface area contributed by atoms with Gasteiger partial charge in [0.25, 0.3) is 5.91 Å². The number of nitro groups is 1. The number of nitrogens with one attached hydrogen (secondary N) is 1. The van der Waals surface area contributed by atoms with E-state index in [1.165, 1.54) is 13.2 Å². The van der Waals surface area contributed by atoms with Crippen LogP contribution >= 0.6 is 0 Å². The monoisotopic (exact) mass is 365 g/mol. The molecule has 1 aromatic rings. The second kappa shape index (κ2) is 8.46. The van der Waals surface area contributed by atoms with Crippen molar-refractivity contribution in [2.24, 2.45) is 0 Å². The van der Waals surface area contributed by atoms with Crippen LogP contribution in [0.2, 0.25) is 0 Å². The molecule has 1 aliphatic rings. The van der Waals surface area contributed by atoms with E-state index in [0.717, 1.165) is 13.1 Å². The summed E-state index contributed by atoms with van der Waals surface area (Å²) in [6, 6.07) is 3.15. The molecule has 26 heavy (non-hydrogen) atoms. The number of hydrogen-bond donors (Lipinski definition) is 1. The summed E-state index contributed by atoms with van der Waals surface area (Å²) in [6.45, 7) is 10.1. The summed E-state index contributed by atoms with van der Waals surface area (Å²) in [5.74, 6) is -0.379. The maximum atomic E-state index is 12.7. The van der Waals surface area contributed by atoms with Crippen molar-refractivity contribution >= 4 is 11.6 Å². The molecule has 0 saturated carbocycles. The lowest BCUT2D eigenvalue weighted by atomic mass is 9.85. The summed E-state index contributed by atoms with van der Waals surface area (Å²) < 4.78 is 10.5. The minimum absolute atomic E-state index is 0.00753. The SMILES string of the molecule is COc1c(C(=O)NCCN2CCOCC2)cc(C(C)(C)C)cc1[N+](=O)[O-]. The average molecular weight is 365 g/mol. The van der Waals surface area contributed by atoms with Gasteiger partial charge in [0, 0.05) is 32.2 Å². The van der Waals surface area contributed by atoms with Crippen molar-refractivity contribution in [2.45, 2.75) is 26.2 Å². The molecule has 8 heteroatoms. The second-order valence-electron chi connectivity index (χ2n) is 7.29. The highest BCUT2D eigenvalue weighted by atomic mass is 16.6. The molecule has 1 fully saturated rings. The van der Waals surface area contributed by atoms with Gasteiger partial charge in [-0.3, -0.25) is 19.8 Å². The number of ether oxygens (including phenoxy) is 2. The van der Waals surface area contributed by atoms with Gasteiger partial charge in [0.2, 0.25) is 5.75 Å². The van der Waals surface area contributed by atoms with Crippen LogP contribution < -0.4 is 10.1 Å². The number of amides is 1. The Bertz CT molecular complexity index is 664. The van der Waals surface area contributed by atoms with E-state index in [9.17, 15) is 14.9 Å². The Morgan fingerprint density at radius 2 is 2.00 bits per heavy atom. The van der Waals surface area contributed by atoms with E-state index in [1.807, 2.05) is 20.8 Å². The number of nitrogens with zero attached hydrogens (tertiary/aromatic N) is 2. The van der Waals surface area contributed by atoms with Crippen molar-refractivity contribution in [3.8, 4) is 5.75 Å². The quantitative estimate of drug-likeness (QED) is 0.612. The molecular weight excluding hydrogens is 338 g/mol. The summed E-state index contributed by atoms with van der Waals surface area (Å²) >= 11 is 0. The van der Waals surface area contributed by atoms with Crippen molar-refractivity contribution < 1.29 is 19.2 Å². The zero-order valence-corrected chi connectivity index (χ0v) is 15.8. The molecule has 1 aliphatic heterocycles. The molecule has 8 nitrogen and oxygen atoms in total. The first-order chi connectivity index (χ1) is 12.2. The molecule has 1 aromatic carbocycles. The Labute approximate surface area is 153 Å². The predicted molar refractivity (Wildman–Crippen MR) is 97.9 cm³/mol. The number of morpholine rings is 1. The van der Waals surface area contributed by atoms with Crippen LogP contribution in [0.4, 0.5) is 5.69 Å². The topological polar surface area (TPSA) is 93.9 Å². The molecule has 2 rings (SSSR count). The summed E-state index contributed by atoms with van der Waals surface area (Å²) in [7, 11) is 1.34. The molecule has 0 aliphatic carbocycles. The second-order valence-corrected chi connectivity index (χ2v) is 7.29. The number of benzene rings is 1. The van der Waals surface area contributed by atoms with Gasteiger partial charge >= 0.3 is 5.69 Å². The molecule has 1 heterocycles. The fourth-order valence-corrected chi connectivity index (χ4v) is 2.81. The number of nitro benzene ring substituents is 1. The summed E-state index contributed by atoms with van der Waals surface area (Å²) in [5, 5.41) is 14.3. The molecule has 0 unspecified atom stereocenters. The largest absolute Gasteiger partial charge is 0.490 e. The highest BCUT2D eigenvalue weighted by Gasteiger charge is 2.28. The highest BCUT2D eigenvalue weighted by Crippen LogP contribution is 2.36. The van der Waals surface area contributed by atoms with E-state index >= 15 is 0 Å². The van der Waals surface area contributed by atoms with Crippen LogP contribution in [0, 0.1) is 10.1 Å². The van der Waals surface area contributed by atoms with Crippen molar-refractivity contribution in [2.75, 3.05) is 46.5 Å². The fraction of sp³-hybridized carbons (Fsp3) is 0.611. The third-order valence-electron chi connectivity index (χ3n) is 4.40. The Hall–Kier alpha value is -2.19. The van der Waals surface area contributed by atoms with Gasteiger partial charge in [-0.25, -0.2) is 0 Å². The number of hydrogen-bond acceptors (Lipinski definition) is 6. The van der Waals surface area contributed by atoms with Gasteiger partial charge in [-0.15, -0.1) is 0 Å². The van der Waals surface area contributed by atoms with Gasteiger partial charge in [-0.1, -0.05) is 20.8 Å². The van der Waals surface area contributed by atoms with Crippen molar-refractivity contribution in [3.05, 3.63) is 33.4 Å². The predicted octanol–water partition coefficient (Wildman–Crippen LogP) is 1.96.